The number of anilines is 3. The lowest BCUT2D eigenvalue weighted by Crippen LogP contribution is -2.14. The number of thiol groups is 2. The van der Waals surface area contributed by atoms with Gasteiger partial charge in [-0.2, -0.15) is 4.39 Å². The van der Waals surface area contributed by atoms with E-state index < -0.39 is 45.5 Å². The van der Waals surface area contributed by atoms with Gasteiger partial charge in [0.15, 0.2) is 10.3 Å². The molecule has 2 aliphatic rings. The van der Waals surface area contributed by atoms with Crippen molar-refractivity contribution in [3.8, 4) is 11.1 Å². The number of nitrogens with zero attached hydrogens (tertiary/aromatic N) is 4. The van der Waals surface area contributed by atoms with Crippen molar-refractivity contribution in [3.05, 3.63) is 194 Å². The average molecular weight is 1610 g/mol. The summed E-state index contributed by atoms with van der Waals surface area (Å²) in [6.45, 7) is 11.1. The number of halogens is 7. The summed E-state index contributed by atoms with van der Waals surface area (Å²) < 4.78 is 45.8. The van der Waals surface area contributed by atoms with Gasteiger partial charge in [0.2, 0.25) is 17.6 Å². The van der Waals surface area contributed by atoms with E-state index in [9.17, 15) is 52.6 Å². The molecule has 0 unspecified atom stereocenters. The maximum atomic E-state index is 13.0. The Balaban J connectivity index is 0.000000162. The van der Waals surface area contributed by atoms with Crippen molar-refractivity contribution in [1.29, 1.82) is 0 Å². The molecule has 476 valence electrons. The first kappa shape index (κ1) is 72.1. The van der Waals surface area contributed by atoms with E-state index in [2.05, 4.69) is 120 Å². The Kier molecular flexibility index (Phi) is 24.6. The third-order valence-corrected chi connectivity index (χ3v) is 21.6. The molecule has 91 heavy (non-hydrogen) atoms. The number of carbonyl (C=O) groups excluding carboxylic acids is 2. The zero-order valence-corrected chi connectivity index (χ0v) is 59.2. The molecular formula is C61H54Br4F3N9O8S6. The zero-order chi connectivity index (χ0) is 65.7. The number of alkyl halides is 2. The minimum absolute atomic E-state index is 0. The molecule has 0 spiro atoms. The molecule has 7 aromatic carbocycles. The van der Waals surface area contributed by atoms with Crippen LogP contribution in [0, 0.1) is 79.4 Å². The topological polar surface area (TPSA) is 262 Å². The van der Waals surface area contributed by atoms with Crippen molar-refractivity contribution < 1.29 is 32.6 Å². The fourth-order valence-corrected chi connectivity index (χ4v) is 13.9. The monoisotopic (exact) mass is 1600 g/mol. The molecule has 2 saturated carbocycles. The van der Waals surface area contributed by atoms with E-state index in [0.717, 1.165) is 104 Å². The third-order valence-electron chi connectivity index (χ3n) is 13.9. The van der Waals surface area contributed by atoms with E-state index in [4.69, 9.17) is 5.73 Å². The summed E-state index contributed by atoms with van der Waals surface area (Å²) in [7, 11) is 0. The third kappa shape index (κ3) is 17.9. The van der Waals surface area contributed by atoms with Gasteiger partial charge in [-0.3, -0.25) is 39.4 Å². The lowest BCUT2D eigenvalue weighted by Gasteiger charge is -2.07. The van der Waals surface area contributed by atoms with Gasteiger partial charge in [0.1, 0.15) is 12.3 Å². The second-order valence-electron chi connectivity index (χ2n) is 20.2. The minimum atomic E-state index is -1.02. The van der Waals surface area contributed by atoms with Gasteiger partial charge in [-0.05, 0) is 167 Å². The van der Waals surface area contributed by atoms with Gasteiger partial charge < -0.3 is 26.3 Å². The van der Waals surface area contributed by atoms with E-state index in [0.29, 0.717) is 43.6 Å². The highest BCUT2D eigenvalue weighted by molar-refractivity contribution is 9.11. The summed E-state index contributed by atoms with van der Waals surface area (Å²) >= 11 is 26.5. The first-order valence-corrected chi connectivity index (χ1v) is 33.9. The Labute approximate surface area is 578 Å². The molecule has 17 nitrogen and oxygen atoms in total. The minimum Gasteiger partial charge on any atom is -0.398 e. The van der Waals surface area contributed by atoms with Crippen LogP contribution in [0.3, 0.4) is 0 Å². The van der Waals surface area contributed by atoms with E-state index >= 15 is 0 Å². The number of nitrogens with two attached hydrogens (primary N) is 1. The van der Waals surface area contributed by atoms with Crippen LogP contribution in [0.5, 0.6) is 0 Å². The number of aromatic amines is 2. The van der Waals surface area contributed by atoms with Crippen LogP contribution in [-0.4, -0.2) is 53.9 Å². The molecule has 2 amide bonds. The SMILES string of the molecule is C.Cc1c(-c2ccc3nc(NC(=O)[C@@H]4C[C@@H]4F)sc3c2)ccc2sc(=O)[nH]c12.Cc1c(Br)ccc(F)c1[N+](=O)[O-].Cc1c(Br)ccc(S)c1N.Cc1c(Br)ccc(S)c1[N+](=O)[O-].Cc1c(Br)ccc2sc(=O)[nH]c12.Cc1ccc2nc(NC(=O)[C@@H]3C[C@@H]3F)sc2c1. The quantitative estimate of drug-likeness (QED) is 0.0341. The average Bonchev–Trinajstić information content (AvgIpc) is 1.76. The summed E-state index contributed by atoms with van der Waals surface area (Å²) in [6, 6.07) is 29.4. The predicted octanol–water partition coefficient (Wildman–Crippen LogP) is 19.1. The number of thiazole rings is 4. The number of fused-ring (bicyclic) bond motifs is 4. The molecule has 2 fully saturated rings. The largest absolute Gasteiger partial charge is 0.398 e. The number of nitro benzene ring substituents is 2. The van der Waals surface area contributed by atoms with Crippen molar-refractivity contribution in [2.45, 2.75) is 83.9 Å². The van der Waals surface area contributed by atoms with Crippen molar-refractivity contribution in [2.24, 2.45) is 11.8 Å². The number of amides is 2. The van der Waals surface area contributed by atoms with Crippen LogP contribution in [0.25, 0.3) is 52.0 Å². The number of nitrogens with one attached hydrogen (secondary N) is 4. The van der Waals surface area contributed by atoms with Crippen molar-refractivity contribution in [1.82, 2.24) is 19.9 Å². The summed E-state index contributed by atoms with van der Waals surface area (Å²) in [4.78, 5) is 81.4. The smallest absolute Gasteiger partial charge is 0.308 e. The molecule has 6 N–H and O–H groups in total. The Hall–Kier alpha value is -6.35. The van der Waals surface area contributed by atoms with E-state index in [1.807, 2.05) is 100 Å². The lowest BCUT2D eigenvalue weighted by molar-refractivity contribution is -0.388. The number of H-pyrrole nitrogens is 2. The molecule has 4 heterocycles. The van der Waals surface area contributed by atoms with Gasteiger partial charge in [0.25, 0.3) is 5.69 Å². The highest BCUT2D eigenvalue weighted by Crippen LogP contribution is 2.39. The van der Waals surface area contributed by atoms with Crippen LogP contribution in [-0.2, 0) is 9.59 Å². The molecule has 2 aliphatic carbocycles. The normalized spacial score (nSPS) is 15.0. The molecule has 13 rings (SSSR count). The van der Waals surface area contributed by atoms with Crippen molar-refractivity contribution in [3.63, 3.8) is 0 Å². The van der Waals surface area contributed by atoms with Crippen LogP contribution in [0.4, 0.5) is 40.5 Å². The predicted molar refractivity (Wildman–Crippen MR) is 384 cm³/mol. The van der Waals surface area contributed by atoms with Crippen LogP contribution >= 0.6 is 134 Å². The lowest BCUT2D eigenvalue weighted by atomic mass is 10.00. The summed E-state index contributed by atoms with van der Waals surface area (Å²) in [5.74, 6) is -2.36. The molecule has 11 aromatic rings. The van der Waals surface area contributed by atoms with Gasteiger partial charge in [-0.15, -0.1) is 25.3 Å². The van der Waals surface area contributed by atoms with Crippen LogP contribution < -0.4 is 26.1 Å². The highest BCUT2D eigenvalue weighted by atomic mass is 79.9. The number of nitrogen functional groups attached to an aromatic ring is 1. The number of benzene rings is 7. The number of aromatic nitrogens is 4. The van der Waals surface area contributed by atoms with Crippen LogP contribution in [0.2, 0.25) is 0 Å². The molecule has 0 bridgehead atoms. The second-order valence-corrected chi connectivity index (χ2v) is 28.7. The Morgan fingerprint density at radius 1 is 0.582 bits per heavy atom. The molecule has 0 aliphatic heterocycles. The fourth-order valence-electron chi connectivity index (χ4n) is 8.54. The maximum Gasteiger partial charge on any atom is 0.308 e. The summed E-state index contributed by atoms with van der Waals surface area (Å²) in [6.07, 6.45) is -1.34. The Morgan fingerprint density at radius 2 is 1.01 bits per heavy atom. The molecular weight excluding hydrogens is 1560 g/mol. The fraction of sp³-hybridized carbons (Fsp3) is 0.213. The number of aryl methyl sites for hydroxylation is 3. The van der Waals surface area contributed by atoms with Gasteiger partial charge in [0.05, 0.1) is 67.4 Å². The van der Waals surface area contributed by atoms with E-state index in [1.54, 1.807) is 19.1 Å². The van der Waals surface area contributed by atoms with Gasteiger partial charge in [0, 0.05) is 39.6 Å². The molecule has 0 radical (unpaired) electrons. The Bertz CT molecular complexity index is 4640. The van der Waals surface area contributed by atoms with Crippen molar-refractivity contribution in [2.75, 3.05) is 16.4 Å². The van der Waals surface area contributed by atoms with Gasteiger partial charge in [-0.1, -0.05) is 135 Å². The van der Waals surface area contributed by atoms with Gasteiger partial charge >= 0.3 is 15.4 Å². The van der Waals surface area contributed by atoms with E-state index in [1.165, 1.54) is 58.3 Å². The van der Waals surface area contributed by atoms with E-state index in [-0.39, 0.29) is 34.7 Å². The molecule has 0 saturated heterocycles. The number of nitro groups is 2. The summed E-state index contributed by atoms with van der Waals surface area (Å²) in [5.41, 5.74) is 16.8. The van der Waals surface area contributed by atoms with Gasteiger partial charge in [-0.25, -0.2) is 18.7 Å². The number of rotatable bonds is 7. The highest BCUT2D eigenvalue weighted by Gasteiger charge is 2.44. The summed E-state index contributed by atoms with van der Waals surface area (Å²) in [5, 5.41) is 27.3. The van der Waals surface area contributed by atoms with Crippen LogP contribution in [0.15, 0.2) is 134 Å². The Morgan fingerprint density at radius 3 is 1.49 bits per heavy atom. The molecule has 4 atom stereocenters. The molecule has 4 aromatic heterocycles. The standard InChI is InChI=1S/C19H14FN3O2S2.C12H11FN2OS.C8H6BrNOS.C7H5BrFNO2.C7H6BrNO2S.C7H8BrNS.CH4/c1-8-10(3-5-14-16(8)22-19(25)27-14)9-2-4-13-15(6-9)26-18(21-13)23-17(24)11-7-12(11)20;1-6-2-3-9-10(4-6)17-12(14-9)15-11(16)7-5-8(7)13;1-4-5(9)2-3-6-7(4)10-8(11)12-6;1-4-5(8)2-3-6(9)7(4)10(11)12;1-4-5(8)2-3-6(12)7(4)9(10)11;1-4-5(8)2-3-6(10)7(4)9;/h2-6,11-12H,7H2,1H3,(H,22,25)(H,21,23,24);2-4,7-8H,5H2,1H3,(H,14,15,16);2-3H,1H3,(H,10,11);2-3H,1H3;2-3,12H,1H3;2-3,10H,9H2,1H3;1H4/t11-,12+;7-,8+;;;;;/m11...../s1. The maximum absolute atomic E-state index is 13.0. The number of hydrogen-bond donors (Lipinski definition) is 7. The zero-order valence-electron chi connectivity index (χ0n) is 47.8. The second kappa shape index (κ2) is 31.1. The van der Waals surface area contributed by atoms with Crippen molar-refractivity contribution >= 4 is 214 Å². The first-order chi connectivity index (χ1) is 42.5. The van der Waals surface area contributed by atoms with Crippen LogP contribution in [0.1, 0.15) is 53.6 Å². The molecule has 30 heteroatoms. The number of carbonyl (C=O) groups is 2. The first-order valence-electron chi connectivity index (χ1n) is 26.5. The number of hydrogen-bond acceptors (Lipinski definition) is 17.